The first-order valence-electron chi connectivity index (χ1n) is 19.2. The molecule has 0 unspecified atom stereocenters. The summed E-state index contributed by atoms with van der Waals surface area (Å²) in [6, 6.07) is 21.4. The lowest BCUT2D eigenvalue weighted by atomic mass is 10.1. The summed E-state index contributed by atoms with van der Waals surface area (Å²) in [6.07, 6.45) is 14.9. The predicted molar refractivity (Wildman–Crippen MR) is 205 cm³/mol. The molecule has 8 heteroatoms. The van der Waals surface area contributed by atoms with Crippen molar-refractivity contribution in [3.8, 4) is 0 Å². The lowest BCUT2D eigenvalue weighted by Crippen LogP contribution is -2.66. The van der Waals surface area contributed by atoms with Crippen LogP contribution in [0.25, 0.3) is 0 Å². The van der Waals surface area contributed by atoms with Crippen molar-refractivity contribution in [3.63, 3.8) is 0 Å². The highest BCUT2D eigenvalue weighted by atomic mass is 28.4. The fourth-order valence-electron chi connectivity index (χ4n) is 6.09. The third kappa shape index (κ3) is 19.5. The van der Waals surface area contributed by atoms with E-state index in [-0.39, 0.29) is 5.04 Å². The molecule has 0 spiro atoms. The predicted octanol–water partition coefficient (Wildman–Crippen LogP) is 7.97. The Morgan fingerprint density at radius 2 is 0.694 bits per heavy atom. The molecule has 7 nitrogen and oxygen atoms in total. The zero-order valence-corrected chi connectivity index (χ0v) is 32.6. The molecule has 0 N–H and O–H groups in total. The average Bonchev–Trinajstić information content (AvgIpc) is 3.11. The topological polar surface area (TPSA) is 64.6 Å². The molecule has 0 saturated carbocycles. The SMILES string of the molecule is CCCCCCCCCCCCCOCCOCCOCCOCCOCCOCCO[Si](c1ccccc1)(c1ccccc1)C(C)(C)C. The van der Waals surface area contributed by atoms with Crippen molar-refractivity contribution in [2.24, 2.45) is 0 Å². The van der Waals surface area contributed by atoms with Crippen LogP contribution in [0.3, 0.4) is 0 Å². The molecule has 0 aliphatic heterocycles. The molecular formula is C41H70O7Si. The van der Waals surface area contributed by atoms with Gasteiger partial charge in [-0.1, -0.05) is 153 Å². The Hall–Kier alpha value is -1.62. The van der Waals surface area contributed by atoms with E-state index >= 15 is 0 Å². The summed E-state index contributed by atoms with van der Waals surface area (Å²) < 4.78 is 40.8. The van der Waals surface area contributed by atoms with Crippen molar-refractivity contribution < 1.29 is 32.8 Å². The fraction of sp³-hybridized carbons (Fsp3) is 0.707. The Morgan fingerprint density at radius 1 is 0.388 bits per heavy atom. The molecular weight excluding hydrogens is 633 g/mol. The largest absolute Gasteiger partial charge is 0.405 e. The van der Waals surface area contributed by atoms with Crippen molar-refractivity contribution in [1.82, 2.24) is 0 Å². The highest BCUT2D eigenvalue weighted by Gasteiger charge is 2.50. The highest BCUT2D eigenvalue weighted by molar-refractivity contribution is 6.99. The van der Waals surface area contributed by atoms with E-state index in [1.807, 2.05) is 0 Å². The first-order valence-corrected chi connectivity index (χ1v) is 21.1. The van der Waals surface area contributed by atoms with Gasteiger partial charge < -0.3 is 32.8 Å². The molecule has 0 fully saturated rings. The zero-order chi connectivity index (χ0) is 35.1. The normalized spacial score (nSPS) is 12.2. The van der Waals surface area contributed by atoms with E-state index < -0.39 is 8.32 Å². The van der Waals surface area contributed by atoms with E-state index in [0.29, 0.717) is 79.3 Å². The average molecular weight is 703 g/mol. The van der Waals surface area contributed by atoms with Crippen molar-refractivity contribution in [3.05, 3.63) is 60.7 Å². The quantitative estimate of drug-likeness (QED) is 0.0552. The van der Waals surface area contributed by atoms with Gasteiger partial charge in [0.25, 0.3) is 8.32 Å². The lowest BCUT2D eigenvalue weighted by Gasteiger charge is -2.43. The van der Waals surface area contributed by atoms with Crippen LogP contribution < -0.4 is 10.4 Å². The second kappa shape index (κ2) is 29.0. The van der Waals surface area contributed by atoms with Gasteiger partial charge in [0, 0.05) is 6.61 Å². The van der Waals surface area contributed by atoms with Crippen LogP contribution in [0.15, 0.2) is 60.7 Å². The Balaban J connectivity index is 1.36. The zero-order valence-electron chi connectivity index (χ0n) is 31.6. The maximum Gasteiger partial charge on any atom is 0.261 e. The number of unbranched alkanes of at least 4 members (excludes halogenated alkanes) is 10. The van der Waals surface area contributed by atoms with E-state index in [0.717, 1.165) is 13.0 Å². The maximum atomic E-state index is 6.86. The number of hydrogen-bond donors (Lipinski definition) is 0. The third-order valence-electron chi connectivity index (χ3n) is 8.72. The molecule has 2 aromatic carbocycles. The smallest absolute Gasteiger partial charge is 0.261 e. The Bertz CT molecular complexity index is 947. The van der Waals surface area contributed by atoms with Crippen LogP contribution in [-0.4, -0.2) is 94.2 Å². The molecule has 0 saturated heterocycles. The number of ether oxygens (including phenoxy) is 6. The van der Waals surface area contributed by atoms with Gasteiger partial charge in [0.1, 0.15) is 0 Å². The van der Waals surface area contributed by atoms with Crippen molar-refractivity contribution >= 4 is 18.7 Å². The molecule has 2 rings (SSSR count). The Morgan fingerprint density at radius 3 is 1.04 bits per heavy atom. The Labute approximate surface area is 300 Å². The molecule has 280 valence electrons. The summed E-state index contributed by atoms with van der Waals surface area (Å²) in [7, 11) is -2.52. The van der Waals surface area contributed by atoms with Gasteiger partial charge in [-0.2, -0.15) is 0 Å². The minimum atomic E-state index is -2.52. The van der Waals surface area contributed by atoms with Crippen LogP contribution in [0.2, 0.25) is 5.04 Å². The highest BCUT2D eigenvalue weighted by Crippen LogP contribution is 2.36. The van der Waals surface area contributed by atoms with Crippen LogP contribution in [0, 0.1) is 0 Å². The van der Waals surface area contributed by atoms with E-state index in [1.165, 1.54) is 74.6 Å². The summed E-state index contributed by atoms with van der Waals surface area (Å²) in [6.45, 7) is 16.7. The van der Waals surface area contributed by atoms with Gasteiger partial charge in [-0.05, 0) is 21.8 Å². The summed E-state index contributed by atoms with van der Waals surface area (Å²) in [5.41, 5.74) is 0. The standard InChI is InChI=1S/C41H70O7Si/c1-5-6-7-8-9-10-11-12-13-14-21-26-42-27-28-43-29-30-44-31-32-45-33-34-46-35-36-47-37-38-48-49(41(2,3)4,39-22-17-15-18-23-39)40-24-19-16-20-25-40/h15-20,22-25H,5-14,21,26-38H2,1-4H3. The number of rotatable bonds is 33. The fourth-order valence-corrected chi connectivity index (χ4v) is 10.6. The van der Waals surface area contributed by atoms with E-state index in [2.05, 4.69) is 88.4 Å². The van der Waals surface area contributed by atoms with Crippen LogP contribution in [0.1, 0.15) is 98.3 Å². The number of hydrogen-bond acceptors (Lipinski definition) is 7. The first kappa shape index (κ1) is 43.5. The molecule has 0 radical (unpaired) electrons. The molecule has 49 heavy (non-hydrogen) atoms. The van der Waals surface area contributed by atoms with Gasteiger partial charge in [0.05, 0.1) is 79.3 Å². The summed E-state index contributed by atoms with van der Waals surface area (Å²) >= 11 is 0. The first-order chi connectivity index (χ1) is 24.0. The van der Waals surface area contributed by atoms with Gasteiger partial charge in [0.15, 0.2) is 0 Å². The maximum absolute atomic E-state index is 6.86. The third-order valence-corrected chi connectivity index (χ3v) is 13.8. The second-order valence-electron chi connectivity index (χ2n) is 13.7. The monoisotopic (exact) mass is 702 g/mol. The summed E-state index contributed by atoms with van der Waals surface area (Å²) in [4.78, 5) is 0. The molecule has 0 atom stereocenters. The number of benzene rings is 2. The van der Waals surface area contributed by atoms with Crippen LogP contribution >= 0.6 is 0 Å². The Kier molecular flexibility index (Phi) is 25.8. The van der Waals surface area contributed by atoms with E-state index in [1.54, 1.807) is 0 Å². The van der Waals surface area contributed by atoms with Gasteiger partial charge in [-0.25, -0.2) is 0 Å². The van der Waals surface area contributed by atoms with E-state index in [4.69, 9.17) is 32.8 Å². The summed E-state index contributed by atoms with van der Waals surface area (Å²) in [5.74, 6) is 0. The van der Waals surface area contributed by atoms with Crippen molar-refractivity contribution in [2.75, 3.05) is 85.9 Å². The van der Waals surface area contributed by atoms with Gasteiger partial charge in [-0.15, -0.1) is 0 Å². The van der Waals surface area contributed by atoms with Crippen LogP contribution in [-0.2, 0) is 32.8 Å². The second-order valence-corrected chi connectivity index (χ2v) is 18.0. The van der Waals surface area contributed by atoms with Crippen molar-refractivity contribution in [1.29, 1.82) is 0 Å². The van der Waals surface area contributed by atoms with Crippen LogP contribution in [0.5, 0.6) is 0 Å². The minimum Gasteiger partial charge on any atom is -0.405 e. The molecule has 0 amide bonds. The van der Waals surface area contributed by atoms with Gasteiger partial charge in [0.2, 0.25) is 0 Å². The van der Waals surface area contributed by atoms with E-state index in [9.17, 15) is 0 Å². The molecule has 0 aliphatic rings. The summed E-state index contributed by atoms with van der Waals surface area (Å²) in [5, 5.41) is 2.51. The molecule has 0 heterocycles. The minimum absolute atomic E-state index is 0.0432. The van der Waals surface area contributed by atoms with Gasteiger partial charge in [-0.3, -0.25) is 0 Å². The van der Waals surface area contributed by atoms with Gasteiger partial charge >= 0.3 is 0 Å². The molecule has 0 aliphatic carbocycles. The van der Waals surface area contributed by atoms with Crippen LogP contribution in [0.4, 0.5) is 0 Å². The molecule has 2 aromatic rings. The molecule has 0 aromatic heterocycles. The molecule has 0 bridgehead atoms. The van der Waals surface area contributed by atoms with Crippen molar-refractivity contribution in [2.45, 2.75) is 103 Å². The lowest BCUT2D eigenvalue weighted by molar-refractivity contribution is -0.0180.